The monoisotopic (exact) mass is 404 g/mol. The molecule has 2 heterocycles. The first-order chi connectivity index (χ1) is 14.5. The third-order valence-corrected chi connectivity index (χ3v) is 6.07. The highest BCUT2D eigenvalue weighted by Crippen LogP contribution is 2.24. The molecule has 3 aromatic rings. The Balaban J connectivity index is 1.30. The van der Waals surface area contributed by atoms with Gasteiger partial charge in [0.25, 0.3) is 5.56 Å². The molecule has 0 bridgehead atoms. The van der Waals surface area contributed by atoms with E-state index in [-0.39, 0.29) is 11.5 Å². The summed E-state index contributed by atoms with van der Waals surface area (Å²) in [5, 5.41) is 0.619. The van der Waals surface area contributed by atoms with Gasteiger partial charge in [-0.25, -0.2) is 4.98 Å². The number of benzene rings is 2. The van der Waals surface area contributed by atoms with E-state index in [0.717, 1.165) is 26.2 Å². The summed E-state index contributed by atoms with van der Waals surface area (Å²) in [6.07, 6.45) is 2.66. The molecule has 30 heavy (non-hydrogen) atoms. The van der Waals surface area contributed by atoms with Gasteiger partial charge in [0.1, 0.15) is 0 Å². The minimum atomic E-state index is -0.0461. The van der Waals surface area contributed by atoms with Gasteiger partial charge < -0.3 is 9.80 Å². The van der Waals surface area contributed by atoms with Gasteiger partial charge in [0.2, 0.25) is 5.91 Å². The SMILES string of the molecule is Cc1cccc(N2CCN(C(=O)CCCn3cnc4ccccc4c3=O)CC2)c1C. The van der Waals surface area contributed by atoms with Crippen molar-refractivity contribution in [1.82, 2.24) is 14.5 Å². The molecule has 1 aliphatic rings. The largest absolute Gasteiger partial charge is 0.368 e. The predicted octanol–water partition coefficient (Wildman–Crippen LogP) is 3.14. The molecule has 1 aromatic heterocycles. The molecule has 1 saturated heterocycles. The van der Waals surface area contributed by atoms with Gasteiger partial charge in [0.05, 0.1) is 17.2 Å². The van der Waals surface area contributed by atoms with Gasteiger partial charge in [-0.15, -0.1) is 0 Å². The molecular formula is C24H28N4O2. The lowest BCUT2D eigenvalue weighted by molar-refractivity contribution is -0.131. The molecule has 0 atom stereocenters. The number of piperazine rings is 1. The highest BCUT2D eigenvalue weighted by molar-refractivity contribution is 5.77. The van der Waals surface area contributed by atoms with Crippen LogP contribution in [0.2, 0.25) is 0 Å². The number of carbonyl (C=O) groups is 1. The van der Waals surface area contributed by atoms with E-state index in [1.807, 2.05) is 23.1 Å². The Morgan fingerprint density at radius 1 is 1.00 bits per heavy atom. The van der Waals surface area contributed by atoms with Crippen molar-refractivity contribution in [1.29, 1.82) is 0 Å². The molecule has 0 N–H and O–H groups in total. The maximum absolute atomic E-state index is 12.7. The van der Waals surface area contributed by atoms with E-state index in [4.69, 9.17) is 0 Å². The normalized spacial score (nSPS) is 14.3. The van der Waals surface area contributed by atoms with Crippen molar-refractivity contribution in [2.75, 3.05) is 31.1 Å². The zero-order valence-corrected chi connectivity index (χ0v) is 17.7. The van der Waals surface area contributed by atoms with Crippen LogP contribution >= 0.6 is 0 Å². The van der Waals surface area contributed by atoms with E-state index >= 15 is 0 Å². The summed E-state index contributed by atoms with van der Waals surface area (Å²) in [6, 6.07) is 13.7. The molecule has 0 aliphatic carbocycles. The first-order valence-corrected chi connectivity index (χ1v) is 10.6. The van der Waals surface area contributed by atoms with Crippen molar-refractivity contribution in [2.45, 2.75) is 33.2 Å². The van der Waals surface area contributed by atoms with E-state index in [0.29, 0.717) is 30.3 Å². The second-order valence-corrected chi connectivity index (χ2v) is 7.95. The van der Waals surface area contributed by atoms with E-state index in [2.05, 4.69) is 41.9 Å². The van der Waals surface area contributed by atoms with Gasteiger partial charge in [0.15, 0.2) is 0 Å². The Hall–Kier alpha value is -3.15. The van der Waals surface area contributed by atoms with E-state index in [1.165, 1.54) is 16.8 Å². The molecule has 0 spiro atoms. The summed E-state index contributed by atoms with van der Waals surface area (Å²) in [6.45, 7) is 7.98. The molecule has 0 unspecified atom stereocenters. The van der Waals surface area contributed by atoms with Crippen molar-refractivity contribution in [3.05, 3.63) is 70.3 Å². The second kappa shape index (κ2) is 8.69. The summed E-state index contributed by atoms with van der Waals surface area (Å²) in [4.78, 5) is 33.9. The first kappa shape index (κ1) is 20.1. The molecule has 0 saturated carbocycles. The number of para-hydroxylation sites is 1. The molecule has 6 nitrogen and oxygen atoms in total. The Bertz CT molecular complexity index is 1110. The van der Waals surface area contributed by atoms with Gasteiger partial charge in [0, 0.05) is 44.8 Å². The van der Waals surface area contributed by atoms with Crippen LogP contribution in [0.25, 0.3) is 10.9 Å². The lowest BCUT2D eigenvalue weighted by Gasteiger charge is -2.37. The number of fused-ring (bicyclic) bond motifs is 1. The number of aromatic nitrogens is 2. The number of carbonyl (C=O) groups excluding carboxylic acids is 1. The van der Waals surface area contributed by atoms with Gasteiger partial charge in [-0.05, 0) is 49.6 Å². The third kappa shape index (κ3) is 4.08. The zero-order valence-electron chi connectivity index (χ0n) is 17.7. The van der Waals surface area contributed by atoms with Gasteiger partial charge in [-0.2, -0.15) is 0 Å². The van der Waals surface area contributed by atoms with Crippen LogP contribution in [-0.4, -0.2) is 46.5 Å². The summed E-state index contributed by atoms with van der Waals surface area (Å²) in [5.74, 6) is 0.164. The van der Waals surface area contributed by atoms with Crippen molar-refractivity contribution in [3.8, 4) is 0 Å². The van der Waals surface area contributed by atoms with Crippen LogP contribution in [0.15, 0.2) is 53.6 Å². The third-order valence-electron chi connectivity index (χ3n) is 6.07. The molecular weight excluding hydrogens is 376 g/mol. The zero-order chi connectivity index (χ0) is 21.1. The lowest BCUT2D eigenvalue weighted by atomic mass is 10.1. The average molecular weight is 405 g/mol. The van der Waals surface area contributed by atoms with E-state index in [9.17, 15) is 9.59 Å². The number of hydrogen-bond donors (Lipinski definition) is 0. The molecule has 156 valence electrons. The van der Waals surface area contributed by atoms with Gasteiger partial charge in [-0.1, -0.05) is 24.3 Å². The van der Waals surface area contributed by atoms with Crippen LogP contribution in [-0.2, 0) is 11.3 Å². The van der Waals surface area contributed by atoms with Crippen molar-refractivity contribution in [3.63, 3.8) is 0 Å². The Labute approximate surface area is 176 Å². The number of aryl methyl sites for hydroxylation is 2. The summed E-state index contributed by atoms with van der Waals surface area (Å²) < 4.78 is 1.61. The summed E-state index contributed by atoms with van der Waals surface area (Å²) >= 11 is 0. The maximum atomic E-state index is 12.7. The Morgan fingerprint density at radius 2 is 1.77 bits per heavy atom. The Morgan fingerprint density at radius 3 is 2.57 bits per heavy atom. The number of hydrogen-bond acceptors (Lipinski definition) is 4. The van der Waals surface area contributed by atoms with E-state index in [1.54, 1.807) is 17.0 Å². The smallest absolute Gasteiger partial charge is 0.261 e. The van der Waals surface area contributed by atoms with Crippen molar-refractivity contribution >= 4 is 22.5 Å². The second-order valence-electron chi connectivity index (χ2n) is 7.95. The van der Waals surface area contributed by atoms with E-state index < -0.39 is 0 Å². The molecule has 6 heteroatoms. The average Bonchev–Trinajstić information content (AvgIpc) is 2.77. The lowest BCUT2D eigenvalue weighted by Crippen LogP contribution is -2.49. The van der Waals surface area contributed by atoms with Gasteiger partial charge >= 0.3 is 0 Å². The molecule has 0 radical (unpaired) electrons. The topological polar surface area (TPSA) is 58.4 Å². The number of nitrogens with zero attached hydrogens (tertiary/aromatic N) is 4. The minimum Gasteiger partial charge on any atom is -0.368 e. The minimum absolute atomic E-state index is 0.0461. The first-order valence-electron chi connectivity index (χ1n) is 10.6. The quantitative estimate of drug-likeness (QED) is 0.656. The standard InChI is InChI=1S/C24H28N4O2/c1-18-7-5-10-22(19(18)2)26-13-15-27(16-14-26)23(29)11-6-12-28-17-25-21-9-4-3-8-20(21)24(28)30/h3-5,7-10,17H,6,11-16H2,1-2H3. The summed E-state index contributed by atoms with van der Waals surface area (Å²) in [5.41, 5.74) is 4.54. The van der Waals surface area contributed by atoms with Crippen LogP contribution in [0, 0.1) is 13.8 Å². The maximum Gasteiger partial charge on any atom is 0.261 e. The van der Waals surface area contributed by atoms with Crippen LogP contribution in [0.1, 0.15) is 24.0 Å². The molecule has 2 aromatic carbocycles. The van der Waals surface area contributed by atoms with Crippen LogP contribution in [0.5, 0.6) is 0 Å². The molecule has 1 amide bonds. The summed E-state index contributed by atoms with van der Waals surface area (Å²) in [7, 11) is 0. The number of rotatable bonds is 5. The highest BCUT2D eigenvalue weighted by atomic mass is 16.2. The number of amides is 1. The fourth-order valence-corrected chi connectivity index (χ4v) is 4.10. The van der Waals surface area contributed by atoms with Crippen LogP contribution < -0.4 is 10.5 Å². The Kier molecular flexibility index (Phi) is 5.84. The molecule has 4 rings (SSSR count). The van der Waals surface area contributed by atoms with Crippen LogP contribution in [0.4, 0.5) is 5.69 Å². The predicted molar refractivity (Wildman–Crippen MR) is 120 cm³/mol. The van der Waals surface area contributed by atoms with Crippen LogP contribution in [0.3, 0.4) is 0 Å². The number of anilines is 1. The van der Waals surface area contributed by atoms with Gasteiger partial charge in [-0.3, -0.25) is 14.2 Å². The highest BCUT2D eigenvalue weighted by Gasteiger charge is 2.22. The van der Waals surface area contributed by atoms with Crippen molar-refractivity contribution < 1.29 is 4.79 Å². The molecule has 1 aliphatic heterocycles. The van der Waals surface area contributed by atoms with Crippen molar-refractivity contribution in [2.24, 2.45) is 0 Å². The fourth-order valence-electron chi connectivity index (χ4n) is 4.10. The fraction of sp³-hybridized carbons (Fsp3) is 0.375. The molecule has 1 fully saturated rings.